The smallest absolute Gasteiger partial charge is 0.345 e. The van der Waals surface area contributed by atoms with Crippen LogP contribution in [0.5, 0.6) is 5.75 Å². The zero-order valence-corrected chi connectivity index (χ0v) is 17.8. The van der Waals surface area contributed by atoms with Gasteiger partial charge in [0.15, 0.2) is 0 Å². The molecule has 158 valence electrons. The topological polar surface area (TPSA) is 93.5 Å². The first kappa shape index (κ1) is 21.4. The number of carbonyl (C=O) groups is 2. The number of benzene rings is 3. The SMILES string of the molecule is O=C(N/N=C/c1c(OC(=O)c2ccc(Cl)cc2Cl)ccc2ccccc12)c1cnccn1. The number of hydrazone groups is 1. The van der Waals surface area contributed by atoms with Crippen LogP contribution in [-0.2, 0) is 0 Å². The molecule has 0 aliphatic heterocycles. The Morgan fingerprint density at radius 3 is 2.66 bits per heavy atom. The summed E-state index contributed by atoms with van der Waals surface area (Å²) in [6.07, 6.45) is 5.60. The molecule has 1 aromatic heterocycles. The fourth-order valence-corrected chi connectivity index (χ4v) is 3.42. The molecule has 1 heterocycles. The van der Waals surface area contributed by atoms with Crippen molar-refractivity contribution in [1.82, 2.24) is 15.4 Å². The quantitative estimate of drug-likeness (QED) is 0.196. The molecule has 1 N–H and O–H groups in total. The molecule has 3 aromatic carbocycles. The molecule has 32 heavy (non-hydrogen) atoms. The van der Waals surface area contributed by atoms with Crippen LogP contribution in [0.4, 0.5) is 0 Å². The van der Waals surface area contributed by atoms with Gasteiger partial charge in [-0.1, -0.05) is 53.5 Å². The number of nitrogens with zero attached hydrogens (tertiary/aromatic N) is 3. The molecule has 9 heteroatoms. The number of ether oxygens (including phenoxy) is 1. The Bertz CT molecular complexity index is 1340. The highest BCUT2D eigenvalue weighted by atomic mass is 35.5. The van der Waals surface area contributed by atoms with Crippen molar-refractivity contribution in [2.45, 2.75) is 0 Å². The molecular formula is C23H14Cl2N4O3. The fraction of sp³-hybridized carbons (Fsp3) is 0. The molecule has 7 nitrogen and oxygen atoms in total. The number of esters is 1. The Morgan fingerprint density at radius 2 is 1.88 bits per heavy atom. The number of nitrogens with one attached hydrogen (secondary N) is 1. The average molecular weight is 465 g/mol. The van der Waals surface area contributed by atoms with Gasteiger partial charge < -0.3 is 4.74 Å². The lowest BCUT2D eigenvalue weighted by molar-refractivity contribution is 0.0734. The van der Waals surface area contributed by atoms with E-state index in [1.165, 1.54) is 36.9 Å². The number of hydrogen-bond acceptors (Lipinski definition) is 6. The van der Waals surface area contributed by atoms with Gasteiger partial charge in [-0.25, -0.2) is 15.2 Å². The second-order valence-corrected chi connectivity index (χ2v) is 7.35. The number of hydrogen-bond donors (Lipinski definition) is 1. The van der Waals surface area contributed by atoms with E-state index in [1.54, 1.807) is 12.1 Å². The van der Waals surface area contributed by atoms with Crippen molar-refractivity contribution >= 4 is 52.1 Å². The molecule has 0 aliphatic carbocycles. The van der Waals surface area contributed by atoms with Gasteiger partial charge in [0.1, 0.15) is 11.4 Å². The van der Waals surface area contributed by atoms with Gasteiger partial charge in [-0.15, -0.1) is 0 Å². The van der Waals surface area contributed by atoms with Gasteiger partial charge in [0.25, 0.3) is 5.91 Å². The lowest BCUT2D eigenvalue weighted by atomic mass is 10.0. The van der Waals surface area contributed by atoms with Crippen LogP contribution in [0.25, 0.3) is 10.8 Å². The number of carbonyl (C=O) groups excluding carboxylic acids is 2. The highest BCUT2D eigenvalue weighted by Crippen LogP contribution is 2.29. The minimum atomic E-state index is -0.653. The zero-order valence-electron chi connectivity index (χ0n) is 16.3. The van der Waals surface area contributed by atoms with E-state index in [0.29, 0.717) is 10.6 Å². The van der Waals surface area contributed by atoms with Gasteiger partial charge in [0, 0.05) is 23.0 Å². The van der Waals surface area contributed by atoms with E-state index in [0.717, 1.165) is 10.8 Å². The number of halogens is 2. The first-order valence-electron chi connectivity index (χ1n) is 9.31. The van der Waals surface area contributed by atoms with Crippen molar-refractivity contribution in [2.24, 2.45) is 5.10 Å². The second-order valence-electron chi connectivity index (χ2n) is 6.50. The standard InChI is InChI=1S/C23H14Cl2N4O3/c24-15-6-7-17(19(25)11-15)23(31)32-21-8-5-14-3-1-2-4-16(14)18(21)12-28-29-22(30)20-13-26-9-10-27-20/h1-13H,(H,29,30)/b28-12+. The van der Waals surface area contributed by atoms with Crippen LogP contribution in [0.2, 0.25) is 10.0 Å². The summed E-state index contributed by atoms with van der Waals surface area (Å²) < 4.78 is 5.61. The predicted octanol–water partition coefficient (Wildman–Crippen LogP) is 4.92. The van der Waals surface area contributed by atoms with Crippen molar-refractivity contribution in [3.05, 3.63) is 100 Å². The van der Waals surface area contributed by atoms with Crippen LogP contribution in [-0.4, -0.2) is 28.1 Å². The van der Waals surface area contributed by atoms with Crippen LogP contribution in [0.15, 0.2) is 78.3 Å². The molecule has 4 aromatic rings. The van der Waals surface area contributed by atoms with Crippen LogP contribution < -0.4 is 10.2 Å². The van der Waals surface area contributed by atoms with Crippen molar-refractivity contribution in [3.63, 3.8) is 0 Å². The Labute approximate surface area is 192 Å². The maximum Gasteiger partial charge on any atom is 0.345 e. The Kier molecular flexibility index (Phi) is 6.39. The summed E-state index contributed by atoms with van der Waals surface area (Å²) in [5.74, 6) is -0.932. The summed E-state index contributed by atoms with van der Waals surface area (Å²) in [7, 11) is 0. The summed E-state index contributed by atoms with van der Waals surface area (Å²) in [6, 6.07) is 15.5. The van der Waals surface area contributed by atoms with Crippen molar-refractivity contribution in [2.75, 3.05) is 0 Å². The van der Waals surface area contributed by atoms with Gasteiger partial charge >= 0.3 is 5.97 Å². The molecule has 0 aliphatic rings. The van der Waals surface area contributed by atoms with E-state index in [9.17, 15) is 9.59 Å². The largest absolute Gasteiger partial charge is 0.422 e. The molecule has 0 unspecified atom stereocenters. The Balaban J connectivity index is 1.65. The van der Waals surface area contributed by atoms with Gasteiger partial charge in [-0.05, 0) is 35.0 Å². The van der Waals surface area contributed by atoms with Crippen LogP contribution in [0.1, 0.15) is 26.4 Å². The fourth-order valence-electron chi connectivity index (χ4n) is 2.94. The van der Waals surface area contributed by atoms with E-state index in [4.69, 9.17) is 27.9 Å². The number of fused-ring (bicyclic) bond motifs is 1. The molecule has 4 rings (SSSR count). The lowest BCUT2D eigenvalue weighted by Crippen LogP contribution is -2.19. The number of rotatable bonds is 5. The van der Waals surface area contributed by atoms with E-state index in [1.807, 2.05) is 30.3 Å². The van der Waals surface area contributed by atoms with Gasteiger partial charge in [-0.3, -0.25) is 9.78 Å². The van der Waals surface area contributed by atoms with E-state index < -0.39 is 11.9 Å². The highest BCUT2D eigenvalue weighted by Gasteiger charge is 2.16. The first-order valence-corrected chi connectivity index (χ1v) is 10.1. The molecule has 0 fully saturated rings. The monoisotopic (exact) mass is 464 g/mol. The zero-order chi connectivity index (χ0) is 22.5. The van der Waals surface area contributed by atoms with Gasteiger partial charge in [0.05, 0.1) is 23.0 Å². The first-order chi connectivity index (χ1) is 15.5. The van der Waals surface area contributed by atoms with Crippen LogP contribution in [0, 0.1) is 0 Å². The maximum atomic E-state index is 12.7. The number of amides is 1. The summed E-state index contributed by atoms with van der Waals surface area (Å²) in [6.45, 7) is 0. The molecule has 0 atom stereocenters. The molecule has 1 amide bonds. The molecule has 0 spiro atoms. The summed E-state index contributed by atoms with van der Waals surface area (Å²) in [5, 5.41) is 6.27. The maximum absolute atomic E-state index is 12.7. The van der Waals surface area contributed by atoms with Crippen LogP contribution in [0.3, 0.4) is 0 Å². The van der Waals surface area contributed by atoms with Crippen molar-refractivity contribution in [1.29, 1.82) is 0 Å². The molecule has 0 saturated carbocycles. The van der Waals surface area contributed by atoms with Crippen molar-refractivity contribution < 1.29 is 14.3 Å². The molecule has 0 saturated heterocycles. The van der Waals surface area contributed by atoms with Gasteiger partial charge in [-0.2, -0.15) is 5.10 Å². The Hall–Kier alpha value is -3.81. The van der Waals surface area contributed by atoms with Crippen LogP contribution >= 0.6 is 23.2 Å². The second kappa shape index (κ2) is 9.55. The highest BCUT2D eigenvalue weighted by molar-refractivity contribution is 6.36. The van der Waals surface area contributed by atoms with E-state index in [-0.39, 0.29) is 22.0 Å². The minimum Gasteiger partial charge on any atom is -0.422 e. The predicted molar refractivity (Wildman–Crippen MR) is 122 cm³/mol. The third-order valence-corrected chi connectivity index (χ3v) is 4.99. The van der Waals surface area contributed by atoms with E-state index >= 15 is 0 Å². The normalized spacial score (nSPS) is 10.9. The average Bonchev–Trinajstić information content (AvgIpc) is 2.80. The summed E-state index contributed by atoms with van der Waals surface area (Å²) in [5.41, 5.74) is 3.18. The minimum absolute atomic E-state index is 0.117. The third kappa shape index (κ3) is 4.74. The molecule has 0 bridgehead atoms. The third-order valence-electron chi connectivity index (χ3n) is 4.44. The Morgan fingerprint density at radius 1 is 1.03 bits per heavy atom. The lowest BCUT2D eigenvalue weighted by Gasteiger charge is -2.11. The van der Waals surface area contributed by atoms with Gasteiger partial charge in [0.2, 0.25) is 0 Å². The molecule has 0 radical (unpaired) electrons. The van der Waals surface area contributed by atoms with Crippen molar-refractivity contribution in [3.8, 4) is 5.75 Å². The number of aromatic nitrogens is 2. The van der Waals surface area contributed by atoms with E-state index in [2.05, 4.69) is 20.5 Å². The molecular weight excluding hydrogens is 451 g/mol. The summed E-state index contributed by atoms with van der Waals surface area (Å²) in [4.78, 5) is 32.7. The summed E-state index contributed by atoms with van der Waals surface area (Å²) >= 11 is 12.0.